The van der Waals surface area contributed by atoms with E-state index in [-0.39, 0.29) is 41.4 Å². The zero-order valence-electron chi connectivity index (χ0n) is 14.4. The van der Waals surface area contributed by atoms with Crippen LogP contribution in [0.2, 0.25) is 0 Å². The Bertz CT molecular complexity index is 615. The summed E-state index contributed by atoms with van der Waals surface area (Å²) in [5.41, 5.74) is -0.232. The molecule has 3 unspecified atom stereocenters. The van der Waals surface area contributed by atoms with Crippen LogP contribution in [0.25, 0.3) is 0 Å². The second-order valence-corrected chi connectivity index (χ2v) is 7.45. The molecule has 2 N–H and O–H groups in total. The van der Waals surface area contributed by atoms with Gasteiger partial charge in [-0.15, -0.1) is 5.10 Å². The van der Waals surface area contributed by atoms with Gasteiger partial charge in [0, 0.05) is 13.0 Å². The summed E-state index contributed by atoms with van der Waals surface area (Å²) in [6, 6.07) is -0.359. The Labute approximate surface area is 141 Å². The Morgan fingerprint density at radius 2 is 2.21 bits per heavy atom. The first-order chi connectivity index (χ1) is 11.3. The molecule has 1 aromatic heterocycles. The summed E-state index contributed by atoms with van der Waals surface area (Å²) in [6.07, 6.45) is 4.40. The Morgan fingerprint density at radius 1 is 1.42 bits per heavy atom. The second kappa shape index (κ2) is 6.51. The van der Waals surface area contributed by atoms with Gasteiger partial charge in [0.25, 0.3) is 5.91 Å². The molecule has 8 nitrogen and oxygen atoms in total. The summed E-state index contributed by atoms with van der Waals surface area (Å²) < 4.78 is 7.37. The molecule has 0 spiro atoms. The van der Waals surface area contributed by atoms with Crippen LogP contribution in [0.5, 0.6) is 0 Å². The minimum atomic E-state index is -0.317. The fourth-order valence-corrected chi connectivity index (χ4v) is 3.15. The van der Waals surface area contributed by atoms with E-state index >= 15 is 0 Å². The number of hydrogen-bond acceptors (Lipinski definition) is 5. The molecule has 3 heterocycles. The molecule has 2 amide bonds. The third-order valence-electron chi connectivity index (χ3n) is 4.51. The molecule has 1 aromatic rings. The van der Waals surface area contributed by atoms with Crippen molar-refractivity contribution in [3.05, 3.63) is 12.2 Å². The third kappa shape index (κ3) is 3.58. The fourth-order valence-electron chi connectivity index (χ4n) is 3.15. The molecular weight excluding hydrogens is 310 g/mol. The maximum Gasteiger partial charge on any atom is 0.291 e. The predicted molar refractivity (Wildman–Crippen MR) is 86.4 cm³/mol. The number of carbonyl (C=O) groups is 2. The molecule has 24 heavy (non-hydrogen) atoms. The zero-order valence-corrected chi connectivity index (χ0v) is 14.4. The van der Waals surface area contributed by atoms with Gasteiger partial charge in [0.1, 0.15) is 6.33 Å². The molecule has 0 radical (unpaired) electrons. The molecule has 0 bridgehead atoms. The quantitative estimate of drug-likeness (QED) is 0.842. The maximum absolute atomic E-state index is 12.5. The first kappa shape index (κ1) is 16.9. The summed E-state index contributed by atoms with van der Waals surface area (Å²) in [6.45, 7) is 6.68. The SMILES string of the molecule is CC(C)(C)n1cnc(C(=O)NC2CCC(=O)NC2C2CCCO2)n1. The molecule has 2 aliphatic heterocycles. The number of ether oxygens (including phenoxy) is 1. The van der Waals surface area contributed by atoms with E-state index in [0.717, 1.165) is 12.8 Å². The second-order valence-electron chi connectivity index (χ2n) is 7.45. The van der Waals surface area contributed by atoms with Crippen molar-refractivity contribution in [3.63, 3.8) is 0 Å². The highest BCUT2D eigenvalue weighted by Crippen LogP contribution is 2.22. The van der Waals surface area contributed by atoms with Gasteiger partial charge < -0.3 is 15.4 Å². The monoisotopic (exact) mass is 335 g/mol. The summed E-state index contributed by atoms with van der Waals surface area (Å²) in [4.78, 5) is 28.3. The van der Waals surface area contributed by atoms with Crippen LogP contribution >= 0.6 is 0 Å². The predicted octanol–water partition coefficient (Wildman–Crippen LogP) is 0.589. The zero-order chi connectivity index (χ0) is 17.3. The summed E-state index contributed by atoms with van der Waals surface area (Å²) in [7, 11) is 0. The largest absolute Gasteiger partial charge is 0.376 e. The molecule has 132 valence electrons. The standard InChI is InChI=1S/C16H25N5O3/c1-16(2,3)21-9-17-14(20-21)15(23)18-10-6-7-12(22)19-13(10)11-5-4-8-24-11/h9-11,13H,4-8H2,1-3H3,(H,18,23)(H,19,22). The lowest BCUT2D eigenvalue weighted by Crippen LogP contribution is -2.60. The van der Waals surface area contributed by atoms with Gasteiger partial charge in [-0.3, -0.25) is 9.59 Å². The van der Waals surface area contributed by atoms with Gasteiger partial charge in [0.15, 0.2) is 0 Å². The van der Waals surface area contributed by atoms with Crippen LogP contribution in [0.1, 0.15) is 57.1 Å². The van der Waals surface area contributed by atoms with Crippen molar-refractivity contribution in [1.82, 2.24) is 25.4 Å². The Balaban J connectivity index is 1.69. The minimum Gasteiger partial charge on any atom is -0.376 e. The van der Waals surface area contributed by atoms with Gasteiger partial charge in [-0.1, -0.05) is 0 Å². The van der Waals surface area contributed by atoms with Gasteiger partial charge >= 0.3 is 0 Å². The average Bonchev–Trinajstić information content (AvgIpc) is 3.19. The van der Waals surface area contributed by atoms with Gasteiger partial charge in [0.2, 0.25) is 11.7 Å². The number of piperidine rings is 1. The molecule has 3 atom stereocenters. The molecule has 0 aliphatic carbocycles. The van der Waals surface area contributed by atoms with Crippen LogP contribution in [0.4, 0.5) is 0 Å². The Hall–Kier alpha value is -1.96. The highest BCUT2D eigenvalue weighted by Gasteiger charge is 2.38. The number of amides is 2. The van der Waals surface area contributed by atoms with Gasteiger partial charge in [0.05, 0.1) is 23.7 Å². The Morgan fingerprint density at radius 3 is 2.83 bits per heavy atom. The molecule has 3 rings (SSSR count). The molecular formula is C16H25N5O3. The molecule has 2 aliphatic rings. The van der Waals surface area contributed by atoms with E-state index in [2.05, 4.69) is 20.7 Å². The van der Waals surface area contributed by atoms with Crippen LogP contribution in [0.15, 0.2) is 6.33 Å². The number of carbonyl (C=O) groups excluding carboxylic acids is 2. The highest BCUT2D eigenvalue weighted by molar-refractivity contribution is 5.90. The smallest absolute Gasteiger partial charge is 0.291 e. The van der Waals surface area contributed by atoms with Crippen LogP contribution in [0, 0.1) is 0 Å². The van der Waals surface area contributed by atoms with Gasteiger partial charge in [-0.2, -0.15) is 0 Å². The Kier molecular flexibility index (Phi) is 4.58. The van der Waals surface area contributed by atoms with Gasteiger partial charge in [-0.25, -0.2) is 9.67 Å². The van der Waals surface area contributed by atoms with E-state index in [1.807, 2.05) is 20.8 Å². The number of rotatable bonds is 3. The third-order valence-corrected chi connectivity index (χ3v) is 4.51. The molecule has 0 aromatic carbocycles. The maximum atomic E-state index is 12.5. The van der Waals surface area contributed by atoms with Crippen LogP contribution < -0.4 is 10.6 Å². The van der Waals surface area contributed by atoms with E-state index in [4.69, 9.17) is 4.74 Å². The van der Waals surface area contributed by atoms with Crippen molar-refractivity contribution in [3.8, 4) is 0 Å². The average molecular weight is 335 g/mol. The number of nitrogens with one attached hydrogen (secondary N) is 2. The first-order valence-electron chi connectivity index (χ1n) is 8.48. The first-order valence-corrected chi connectivity index (χ1v) is 8.48. The van der Waals surface area contributed by atoms with E-state index < -0.39 is 0 Å². The summed E-state index contributed by atoms with van der Waals surface area (Å²) >= 11 is 0. The van der Waals surface area contributed by atoms with Crippen LogP contribution in [-0.4, -0.2) is 51.4 Å². The van der Waals surface area contributed by atoms with E-state index in [1.54, 1.807) is 11.0 Å². The summed E-state index contributed by atoms with van der Waals surface area (Å²) in [5.74, 6) is -0.161. The van der Waals surface area contributed by atoms with Crippen molar-refractivity contribution in [2.75, 3.05) is 6.61 Å². The van der Waals surface area contributed by atoms with E-state index in [0.29, 0.717) is 19.4 Å². The van der Waals surface area contributed by atoms with Crippen molar-refractivity contribution in [2.45, 2.75) is 70.2 Å². The van der Waals surface area contributed by atoms with E-state index in [9.17, 15) is 9.59 Å². The van der Waals surface area contributed by atoms with Crippen molar-refractivity contribution >= 4 is 11.8 Å². The highest BCUT2D eigenvalue weighted by atomic mass is 16.5. The van der Waals surface area contributed by atoms with Crippen LogP contribution in [-0.2, 0) is 15.1 Å². The topological polar surface area (TPSA) is 98.1 Å². The van der Waals surface area contributed by atoms with Crippen molar-refractivity contribution in [1.29, 1.82) is 0 Å². The van der Waals surface area contributed by atoms with Crippen molar-refractivity contribution < 1.29 is 14.3 Å². The number of nitrogens with zero attached hydrogens (tertiary/aromatic N) is 3. The molecule has 2 saturated heterocycles. The summed E-state index contributed by atoms with van der Waals surface area (Å²) in [5, 5.41) is 10.2. The normalized spacial score (nSPS) is 27.8. The molecule has 2 fully saturated rings. The number of aromatic nitrogens is 3. The van der Waals surface area contributed by atoms with Gasteiger partial charge in [-0.05, 0) is 40.0 Å². The lowest BCUT2D eigenvalue weighted by molar-refractivity contribution is -0.125. The molecule has 8 heteroatoms. The van der Waals surface area contributed by atoms with Crippen molar-refractivity contribution in [2.24, 2.45) is 0 Å². The lowest BCUT2D eigenvalue weighted by atomic mass is 9.92. The minimum absolute atomic E-state index is 0.0103. The fraction of sp³-hybridized carbons (Fsp3) is 0.750. The lowest BCUT2D eigenvalue weighted by Gasteiger charge is -2.35. The van der Waals surface area contributed by atoms with Crippen LogP contribution in [0.3, 0.4) is 0 Å². The number of hydrogen-bond donors (Lipinski definition) is 2. The molecule has 0 saturated carbocycles. The van der Waals surface area contributed by atoms with E-state index in [1.165, 1.54) is 0 Å².